The molecule has 160 valence electrons. The first-order chi connectivity index (χ1) is 13.0. The van der Waals surface area contributed by atoms with Crippen LogP contribution in [0, 0.1) is 6.92 Å². The fourth-order valence-corrected chi connectivity index (χ4v) is 3.64. The van der Waals surface area contributed by atoms with E-state index >= 15 is 0 Å². The van der Waals surface area contributed by atoms with E-state index in [-0.39, 0.29) is 22.3 Å². The third-order valence-electron chi connectivity index (χ3n) is 4.20. The van der Waals surface area contributed by atoms with E-state index in [0.29, 0.717) is 11.5 Å². The van der Waals surface area contributed by atoms with Crippen LogP contribution in [0.5, 0.6) is 0 Å². The number of benzene rings is 1. The molecule has 1 heterocycles. The quantitative estimate of drug-likeness (QED) is 0.492. The van der Waals surface area contributed by atoms with Crippen LogP contribution in [0.1, 0.15) is 74.7 Å². The fraction of sp³-hybridized carbons (Fsp3) is 0.524. The van der Waals surface area contributed by atoms with E-state index < -0.39 is 28.7 Å². The van der Waals surface area contributed by atoms with Crippen LogP contribution in [0.2, 0.25) is 0 Å². The Morgan fingerprint density at radius 1 is 1.14 bits per heavy atom. The minimum Gasteiger partial charge on any atom is -0.455 e. The largest absolute Gasteiger partial charge is 0.455 e. The van der Waals surface area contributed by atoms with Crippen molar-refractivity contribution in [1.82, 2.24) is 9.55 Å². The summed E-state index contributed by atoms with van der Waals surface area (Å²) in [6.07, 6.45) is -4.51. The van der Waals surface area contributed by atoms with Crippen LogP contribution in [0.25, 0.3) is 0 Å². The van der Waals surface area contributed by atoms with E-state index in [4.69, 9.17) is 4.74 Å². The zero-order valence-electron chi connectivity index (χ0n) is 17.7. The van der Waals surface area contributed by atoms with Crippen molar-refractivity contribution in [2.45, 2.75) is 72.2 Å². The van der Waals surface area contributed by atoms with Crippen molar-refractivity contribution in [2.75, 3.05) is 0 Å². The molecular weight excluding hydrogens is 449 g/mol. The SMILES string of the molecule is Cc1c(C(=O)OC(C)(C)C)nc(C(C)(C)C)n1Cc1cccc(Br)c1C(F)(F)F. The Labute approximate surface area is 177 Å². The summed E-state index contributed by atoms with van der Waals surface area (Å²) < 4.78 is 48.0. The summed E-state index contributed by atoms with van der Waals surface area (Å²) >= 11 is 3.02. The van der Waals surface area contributed by atoms with E-state index in [9.17, 15) is 18.0 Å². The number of carbonyl (C=O) groups is 1. The molecule has 0 aliphatic carbocycles. The standard InChI is InChI=1S/C21H26BrF3N2O2/c1-12-16(17(28)29-20(5,6)7)26-18(19(2,3)4)27(12)11-13-9-8-10-14(22)15(13)21(23,24)25/h8-10H,11H2,1-7H3. The number of nitrogens with zero attached hydrogens (tertiary/aromatic N) is 2. The second-order valence-electron chi connectivity index (χ2n) is 8.98. The molecule has 0 atom stereocenters. The minimum absolute atomic E-state index is 0.0232. The van der Waals surface area contributed by atoms with Crippen molar-refractivity contribution in [3.8, 4) is 0 Å². The molecule has 8 heteroatoms. The predicted octanol–water partition coefficient (Wildman–Crippen LogP) is 6.27. The lowest BCUT2D eigenvalue weighted by Gasteiger charge is -2.22. The van der Waals surface area contributed by atoms with Crippen molar-refractivity contribution in [1.29, 1.82) is 0 Å². The molecule has 0 fully saturated rings. The molecular formula is C21H26BrF3N2O2. The molecule has 0 spiro atoms. The summed E-state index contributed by atoms with van der Waals surface area (Å²) in [5.74, 6) is -0.0755. The first-order valence-corrected chi connectivity index (χ1v) is 9.97. The topological polar surface area (TPSA) is 44.1 Å². The number of imidazole rings is 1. The summed E-state index contributed by atoms with van der Waals surface area (Å²) in [7, 11) is 0. The Morgan fingerprint density at radius 2 is 1.72 bits per heavy atom. The minimum atomic E-state index is -4.51. The lowest BCUT2D eigenvalue weighted by Crippen LogP contribution is -2.24. The Kier molecular flexibility index (Phi) is 6.29. The van der Waals surface area contributed by atoms with Gasteiger partial charge in [-0.15, -0.1) is 0 Å². The lowest BCUT2D eigenvalue weighted by atomic mass is 9.95. The van der Waals surface area contributed by atoms with Gasteiger partial charge in [0.15, 0.2) is 5.69 Å². The molecule has 1 aromatic carbocycles. The molecule has 2 rings (SSSR count). The molecule has 2 aromatic rings. The number of alkyl halides is 3. The van der Waals surface area contributed by atoms with E-state index in [1.54, 1.807) is 38.3 Å². The monoisotopic (exact) mass is 474 g/mol. The maximum atomic E-state index is 13.6. The molecule has 0 radical (unpaired) electrons. The van der Waals surface area contributed by atoms with Crippen molar-refractivity contribution >= 4 is 21.9 Å². The zero-order valence-corrected chi connectivity index (χ0v) is 19.2. The summed E-state index contributed by atoms with van der Waals surface area (Å²) in [5.41, 5.74) is -1.25. The number of esters is 1. The highest BCUT2D eigenvalue weighted by Crippen LogP contribution is 2.38. The lowest BCUT2D eigenvalue weighted by molar-refractivity contribution is -0.138. The van der Waals surface area contributed by atoms with Crippen molar-refractivity contribution in [2.24, 2.45) is 0 Å². The number of aromatic nitrogens is 2. The fourth-order valence-electron chi connectivity index (χ4n) is 3.01. The van der Waals surface area contributed by atoms with E-state index in [0.717, 1.165) is 0 Å². The summed E-state index contributed by atoms with van der Waals surface area (Å²) in [5, 5.41) is 0. The van der Waals surface area contributed by atoms with Crippen LogP contribution in [0.3, 0.4) is 0 Å². The molecule has 0 aliphatic rings. The van der Waals surface area contributed by atoms with Crippen LogP contribution in [0.15, 0.2) is 22.7 Å². The van der Waals surface area contributed by atoms with Gasteiger partial charge in [0, 0.05) is 22.1 Å². The van der Waals surface area contributed by atoms with Crippen LogP contribution in [-0.2, 0) is 22.9 Å². The van der Waals surface area contributed by atoms with Gasteiger partial charge in [-0.25, -0.2) is 9.78 Å². The second-order valence-corrected chi connectivity index (χ2v) is 9.83. The number of carbonyl (C=O) groups excluding carboxylic acids is 1. The second kappa shape index (κ2) is 7.78. The Balaban J connectivity index is 2.63. The number of ether oxygens (including phenoxy) is 1. The Hall–Kier alpha value is -1.83. The highest BCUT2D eigenvalue weighted by molar-refractivity contribution is 9.10. The Morgan fingerprint density at radius 3 is 2.21 bits per heavy atom. The zero-order chi connectivity index (χ0) is 22.4. The first-order valence-electron chi connectivity index (χ1n) is 9.18. The van der Waals surface area contributed by atoms with Gasteiger partial charge in [-0.3, -0.25) is 0 Å². The number of hydrogen-bond acceptors (Lipinski definition) is 3. The summed E-state index contributed by atoms with van der Waals surface area (Å²) in [4.78, 5) is 17.1. The highest BCUT2D eigenvalue weighted by atomic mass is 79.9. The predicted molar refractivity (Wildman–Crippen MR) is 109 cm³/mol. The van der Waals surface area contributed by atoms with Gasteiger partial charge < -0.3 is 9.30 Å². The smallest absolute Gasteiger partial charge is 0.417 e. The Bertz CT molecular complexity index is 920. The molecule has 29 heavy (non-hydrogen) atoms. The molecule has 0 amide bonds. The van der Waals surface area contributed by atoms with E-state index in [2.05, 4.69) is 20.9 Å². The average Bonchev–Trinajstić information content (AvgIpc) is 2.81. The molecule has 0 saturated heterocycles. The van der Waals surface area contributed by atoms with Crippen LogP contribution < -0.4 is 0 Å². The van der Waals surface area contributed by atoms with Crippen LogP contribution in [-0.4, -0.2) is 21.1 Å². The number of hydrogen-bond donors (Lipinski definition) is 0. The first kappa shape index (κ1) is 23.4. The van der Waals surface area contributed by atoms with Crippen molar-refractivity contribution in [3.05, 3.63) is 51.0 Å². The highest BCUT2D eigenvalue weighted by Gasteiger charge is 2.36. The number of halogens is 4. The maximum absolute atomic E-state index is 13.6. The average molecular weight is 475 g/mol. The third-order valence-corrected chi connectivity index (χ3v) is 4.86. The van der Waals surface area contributed by atoms with Gasteiger partial charge in [0.25, 0.3) is 0 Å². The molecule has 0 bridgehead atoms. The van der Waals surface area contributed by atoms with E-state index in [1.807, 2.05) is 20.8 Å². The van der Waals surface area contributed by atoms with Gasteiger partial charge in [-0.05, 0) is 39.3 Å². The molecule has 0 N–H and O–H groups in total. The maximum Gasteiger partial charge on any atom is 0.417 e. The molecule has 0 saturated carbocycles. The van der Waals surface area contributed by atoms with Gasteiger partial charge in [-0.1, -0.05) is 48.8 Å². The van der Waals surface area contributed by atoms with Gasteiger partial charge in [0.1, 0.15) is 11.4 Å². The molecule has 0 unspecified atom stereocenters. The van der Waals surface area contributed by atoms with Crippen LogP contribution >= 0.6 is 15.9 Å². The number of rotatable bonds is 3. The van der Waals surface area contributed by atoms with E-state index in [1.165, 1.54) is 12.1 Å². The summed E-state index contributed by atoms with van der Waals surface area (Å²) in [6.45, 7) is 12.5. The van der Waals surface area contributed by atoms with Gasteiger partial charge in [-0.2, -0.15) is 13.2 Å². The summed E-state index contributed by atoms with van der Waals surface area (Å²) in [6, 6.07) is 4.36. The third kappa shape index (κ3) is 5.41. The molecule has 0 aliphatic heterocycles. The van der Waals surface area contributed by atoms with Crippen molar-refractivity contribution < 1.29 is 22.7 Å². The molecule has 1 aromatic heterocycles. The van der Waals surface area contributed by atoms with Gasteiger partial charge >= 0.3 is 12.1 Å². The van der Waals surface area contributed by atoms with Gasteiger partial charge in [0.2, 0.25) is 0 Å². The van der Waals surface area contributed by atoms with Crippen LogP contribution in [0.4, 0.5) is 13.2 Å². The normalized spacial score (nSPS) is 12.9. The van der Waals surface area contributed by atoms with Crippen molar-refractivity contribution in [3.63, 3.8) is 0 Å². The molecule has 4 nitrogen and oxygen atoms in total. The van der Waals surface area contributed by atoms with Gasteiger partial charge in [0.05, 0.1) is 5.56 Å².